The third kappa shape index (κ3) is 2.18. The van der Waals surface area contributed by atoms with Crippen LogP contribution in [0.5, 0.6) is 11.5 Å². The van der Waals surface area contributed by atoms with Crippen LogP contribution in [-0.4, -0.2) is 18.8 Å². The van der Waals surface area contributed by atoms with Gasteiger partial charge in [-0.2, -0.15) is 0 Å². The van der Waals surface area contributed by atoms with Crippen LogP contribution in [0.2, 0.25) is 0 Å². The molecule has 0 fully saturated rings. The van der Waals surface area contributed by atoms with E-state index in [1.807, 2.05) is 12.3 Å². The molecule has 0 N–H and O–H groups in total. The number of aryl methyl sites for hydroxylation is 1. The van der Waals surface area contributed by atoms with E-state index in [1.54, 1.807) is 31.9 Å². The van der Waals surface area contributed by atoms with Crippen molar-refractivity contribution >= 4 is 10.8 Å². The third-order valence-electron chi connectivity index (χ3n) is 3.34. The molecule has 2 rings (SSSR count). The van der Waals surface area contributed by atoms with Gasteiger partial charge in [-0.05, 0) is 29.0 Å². The SMILES string of the molecule is COc1cc2c(C(C)C)cn(C)c(=O)c2cc1OC. The standard InChI is InChI=1S/C15H19NO3/c1-9(2)12-8-16(3)15(17)11-7-14(19-5)13(18-4)6-10(11)12/h6-9H,1-5H3. The Bertz CT molecular complexity index is 671. The summed E-state index contributed by atoms with van der Waals surface area (Å²) in [5.74, 6) is 1.55. The Morgan fingerprint density at radius 3 is 2.05 bits per heavy atom. The van der Waals surface area contributed by atoms with Gasteiger partial charge in [0.1, 0.15) is 0 Å². The number of hydrogen-bond donors (Lipinski definition) is 0. The highest BCUT2D eigenvalue weighted by atomic mass is 16.5. The topological polar surface area (TPSA) is 40.5 Å². The number of rotatable bonds is 3. The van der Waals surface area contributed by atoms with Gasteiger partial charge in [0.2, 0.25) is 0 Å². The van der Waals surface area contributed by atoms with Crippen LogP contribution in [0.4, 0.5) is 0 Å². The van der Waals surface area contributed by atoms with Crippen molar-refractivity contribution in [3.8, 4) is 11.5 Å². The number of fused-ring (bicyclic) bond motifs is 1. The van der Waals surface area contributed by atoms with Gasteiger partial charge in [-0.25, -0.2) is 0 Å². The lowest BCUT2D eigenvalue weighted by Gasteiger charge is -2.15. The molecule has 1 heterocycles. The second kappa shape index (κ2) is 4.96. The van der Waals surface area contributed by atoms with E-state index in [2.05, 4.69) is 13.8 Å². The Hall–Kier alpha value is -1.97. The maximum Gasteiger partial charge on any atom is 0.258 e. The van der Waals surface area contributed by atoms with Crippen LogP contribution in [0.1, 0.15) is 25.3 Å². The molecule has 19 heavy (non-hydrogen) atoms. The number of pyridine rings is 1. The van der Waals surface area contributed by atoms with Gasteiger partial charge >= 0.3 is 0 Å². The Morgan fingerprint density at radius 1 is 1.05 bits per heavy atom. The highest BCUT2D eigenvalue weighted by Crippen LogP contribution is 2.34. The van der Waals surface area contributed by atoms with Crippen molar-refractivity contribution in [1.29, 1.82) is 0 Å². The van der Waals surface area contributed by atoms with E-state index >= 15 is 0 Å². The van der Waals surface area contributed by atoms with Crippen molar-refractivity contribution in [2.24, 2.45) is 7.05 Å². The van der Waals surface area contributed by atoms with E-state index in [0.29, 0.717) is 22.8 Å². The molecule has 0 amide bonds. The Morgan fingerprint density at radius 2 is 1.58 bits per heavy atom. The van der Waals surface area contributed by atoms with E-state index in [1.165, 1.54) is 0 Å². The zero-order chi connectivity index (χ0) is 14.2. The summed E-state index contributed by atoms with van der Waals surface area (Å²) in [6.07, 6.45) is 1.89. The largest absolute Gasteiger partial charge is 0.493 e. The monoisotopic (exact) mass is 261 g/mol. The Kier molecular flexibility index (Phi) is 3.51. The average Bonchev–Trinajstić information content (AvgIpc) is 2.41. The molecule has 4 heteroatoms. The highest BCUT2D eigenvalue weighted by Gasteiger charge is 2.14. The fourth-order valence-corrected chi connectivity index (χ4v) is 2.28. The summed E-state index contributed by atoms with van der Waals surface area (Å²) in [5, 5.41) is 1.59. The fourth-order valence-electron chi connectivity index (χ4n) is 2.28. The number of methoxy groups -OCH3 is 2. The van der Waals surface area contributed by atoms with Crippen molar-refractivity contribution in [3.63, 3.8) is 0 Å². The minimum Gasteiger partial charge on any atom is -0.493 e. The smallest absolute Gasteiger partial charge is 0.258 e. The van der Waals surface area contributed by atoms with Crippen molar-refractivity contribution in [2.45, 2.75) is 19.8 Å². The zero-order valence-electron chi connectivity index (χ0n) is 12.0. The van der Waals surface area contributed by atoms with Gasteiger partial charge < -0.3 is 14.0 Å². The summed E-state index contributed by atoms with van der Waals surface area (Å²) < 4.78 is 12.2. The number of ether oxygens (including phenoxy) is 2. The summed E-state index contributed by atoms with van der Waals surface area (Å²) in [7, 11) is 4.94. The van der Waals surface area contributed by atoms with Crippen molar-refractivity contribution in [2.75, 3.05) is 14.2 Å². The number of nitrogens with zero attached hydrogens (tertiary/aromatic N) is 1. The maximum absolute atomic E-state index is 12.2. The predicted octanol–water partition coefficient (Wildman–Crippen LogP) is 2.68. The Labute approximate surface area is 112 Å². The van der Waals surface area contributed by atoms with E-state index in [-0.39, 0.29) is 5.56 Å². The third-order valence-corrected chi connectivity index (χ3v) is 3.34. The van der Waals surface area contributed by atoms with Gasteiger partial charge in [0.15, 0.2) is 11.5 Å². The molecule has 0 radical (unpaired) electrons. The summed E-state index contributed by atoms with van der Waals surface area (Å²) in [4.78, 5) is 12.2. The van der Waals surface area contributed by atoms with Gasteiger partial charge in [-0.3, -0.25) is 4.79 Å². The number of hydrogen-bond acceptors (Lipinski definition) is 3. The van der Waals surface area contributed by atoms with Crippen LogP contribution >= 0.6 is 0 Å². The van der Waals surface area contributed by atoms with Crippen molar-refractivity contribution < 1.29 is 9.47 Å². The maximum atomic E-state index is 12.2. The summed E-state index contributed by atoms with van der Waals surface area (Å²) >= 11 is 0. The van der Waals surface area contributed by atoms with Gasteiger partial charge in [0.05, 0.1) is 19.6 Å². The molecule has 1 aromatic carbocycles. The molecule has 1 aromatic heterocycles. The van der Waals surface area contributed by atoms with Crippen LogP contribution in [-0.2, 0) is 7.05 Å². The van der Waals surface area contributed by atoms with Crippen LogP contribution in [0.15, 0.2) is 23.1 Å². The summed E-state index contributed by atoms with van der Waals surface area (Å²) in [6, 6.07) is 3.63. The van der Waals surface area contributed by atoms with Gasteiger partial charge in [0.25, 0.3) is 5.56 Å². The first-order valence-corrected chi connectivity index (χ1v) is 6.24. The average molecular weight is 261 g/mol. The molecule has 0 unspecified atom stereocenters. The van der Waals surface area contributed by atoms with E-state index in [9.17, 15) is 4.79 Å². The number of benzene rings is 1. The minimum absolute atomic E-state index is 0.0275. The van der Waals surface area contributed by atoms with Gasteiger partial charge in [-0.15, -0.1) is 0 Å². The number of aromatic nitrogens is 1. The lowest BCUT2D eigenvalue weighted by atomic mass is 9.98. The lowest BCUT2D eigenvalue weighted by molar-refractivity contribution is 0.356. The van der Waals surface area contributed by atoms with Gasteiger partial charge in [-0.1, -0.05) is 13.8 Å². The summed E-state index contributed by atoms with van der Waals surface area (Å²) in [6.45, 7) is 4.21. The molecular weight excluding hydrogens is 242 g/mol. The fraction of sp³-hybridized carbons (Fsp3) is 0.400. The quantitative estimate of drug-likeness (QED) is 0.853. The first-order chi connectivity index (χ1) is 8.99. The molecular formula is C15H19NO3. The molecule has 0 aliphatic rings. The molecule has 102 valence electrons. The molecule has 0 atom stereocenters. The molecule has 0 bridgehead atoms. The second-order valence-electron chi connectivity index (χ2n) is 4.91. The molecule has 0 aliphatic carbocycles. The van der Waals surface area contributed by atoms with Crippen molar-refractivity contribution in [1.82, 2.24) is 4.57 Å². The van der Waals surface area contributed by atoms with Crippen LogP contribution in [0.3, 0.4) is 0 Å². The van der Waals surface area contributed by atoms with Gasteiger partial charge in [0, 0.05) is 13.2 Å². The van der Waals surface area contributed by atoms with Crippen LogP contribution < -0.4 is 15.0 Å². The van der Waals surface area contributed by atoms with Crippen molar-refractivity contribution in [3.05, 3.63) is 34.2 Å². The van der Waals surface area contributed by atoms with E-state index < -0.39 is 0 Å². The second-order valence-corrected chi connectivity index (χ2v) is 4.91. The first kappa shape index (κ1) is 13.5. The lowest BCUT2D eigenvalue weighted by Crippen LogP contribution is -2.18. The Balaban J connectivity index is 2.93. The normalized spacial score (nSPS) is 11.1. The van der Waals surface area contributed by atoms with E-state index in [4.69, 9.17) is 9.47 Å². The summed E-state index contributed by atoms with van der Waals surface area (Å²) in [5.41, 5.74) is 1.10. The molecule has 0 aliphatic heterocycles. The minimum atomic E-state index is -0.0275. The molecule has 2 aromatic rings. The molecule has 0 saturated carbocycles. The molecule has 0 spiro atoms. The van der Waals surface area contributed by atoms with E-state index in [0.717, 1.165) is 10.9 Å². The van der Waals surface area contributed by atoms with Crippen LogP contribution in [0, 0.1) is 0 Å². The van der Waals surface area contributed by atoms with Crippen LogP contribution in [0.25, 0.3) is 10.8 Å². The molecule has 4 nitrogen and oxygen atoms in total. The predicted molar refractivity (Wildman–Crippen MR) is 76.4 cm³/mol. The highest BCUT2D eigenvalue weighted by molar-refractivity contribution is 5.88. The molecule has 0 saturated heterocycles. The zero-order valence-corrected chi connectivity index (χ0v) is 12.0. The first-order valence-electron chi connectivity index (χ1n) is 6.24.